The maximum Gasteiger partial charge on any atom is 0.330 e. The summed E-state index contributed by atoms with van der Waals surface area (Å²) in [5, 5.41) is 10.7. The summed E-state index contributed by atoms with van der Waals surface area (Å²) in [5.41, 5.74) is -0.468. The Labute approximate surface area is 115 Å². The standard InChI is InChI=1S/C16H24O3/c1-3-13(19-14(17)4-2)15-6-11-5-12(7-15)9-16(18,8-11)10-15/h4,11-13,18H,2-3,5-10H2,1H3. The minimum atomic E-state index is -0.488. The molecule has 0 aromatic rings. The smallest absolute Gasteiger partial charge is 0.330 e. The highest BCUT2D eigenvalue weighted by molar-refractivity contribution is 5.81. The summed E-state index contributed by atoms with van der Waals surface area (Å²) in [6, 6.07) is 0. The molecule has 3 nitrogen and oxygen atoms in total. The van der Waals surface area contributed by atoms with E-state index in [0.717, 1.165) is 38.5 Å². The van der Waals surface area contributed by atoms with Crippen LogP contribution in [0, 0.1) is 17.3 Å². The molecule has 4 saturated carbocycles. The number of carbonyl (C=O) groups is 1. The second-order valence-electron chi connectivity index (χ2n) is 7.09. The van der Waals surface area contributed by atoms with Crippen LogP contribution in [-0.2, 0) is 9.53 Å². The van der Waals surface area contributed by atoms with Gasteiger partial charge in [-0.1, -0.05) is 13.5 Å². The maximum absolute atomic E-state index is 11.6. The SMILES string of the molecule is C=CC(=O)OC(CC)C12CC3CC(CC(O)(C3)C1)C2. The highest BCUT2D eigenvalue weighted by Crippen LogP contribution is 2.63. The van der Waals surface area contributed by atoms with Crippen LogP contribution < -0.4 is 0 Å². The van der Waals surface area contributed by atoms with Gasteiger partial charge in [0.05, 0.1) is 5.60 Å². The first kappa shape index (κ1) is 13.2. The number of esters is 1. The van der Waals surface area contributed by atoms with Crippen molar-refractivity contribution in [1.82, 2.24) is 0 Å². The Bertz CT molecular complexity index is 387. The second-order valence-corrected chi connectivity index (χ2v) is 7.09. The molecule has 4 fully saturated rings. The molecule has 0 amide bonds. The molecule has 0 spiro atoms. The van der Waals surface area contributed by atoms with Gasteiger partial charge in [0.2, 0.25) is 0 Å². The zero-order chi connectivity index (χ0) is 13.7. The van der Waals surface area contributed by atoms with Gasteiger partial charge >= 0.3 is 5.97 Å². The summed E-state index contributed by atoms with van der Waals surface area (Å²) < 4.78 is 5.61. The number of aliphatic hydroxyl groups is 1. The summed E-state index contributed by atoms with van der Waals surface area (Å²) in [5.74, 6) is 0.931. The molecule has 3 unspecified atom stereocenters. The van der Waals surface area contributed by atoms with Crippen molar-refractivity contribution < 1.29 is 14.6 Å². The van der Waals surface area contributed by atoms with Gasteiger partial charge in [0.25, 0.3) is 0 Å². The number of hydrogen-bond donors (Lipinski definition) is 1. The first-order valence-corrected chi connectivity index (χ1v) is 7.54. The van der Waals surface area contributed by atoms with E-state index in [1.54, 1.807) is 0 Å². The van der Waals surface area contributed by atoms with Gasteiger partial charge in [0.15, 0.2) is 0 Å². The predicted octanol–water partition coefficient (Wildman–Crippen LogP) is 2.83. The van der Waals surface area contributed by atoms with Crippen LogP contribution in [0.15, 0.2) is 12.7 Å². The third-order valence-corrected chi connectivity index (χ3v) is 5.55. The normalized spacial score (nSPS) is 44.9. The van der Waals surface area contributed by atoms with Crippen molar-refractivity contribution in [1.29, 1.82) is 0 Å². The topological polar surface area (TPSA) is 46.5 Å². The Balaban J connectivity index is 1.85. The van der Waals surface area contributed by atoms with Crippen LogP contribution in [0.5, 0.6) is 0 Å². The van der Waals surface area contributed by atoms with Crippen molar-refractivity contribution in [2.45, 2.75) is 63.6 Å². The largest absolute Gasteiger partial charge is 0.459 e. The average molecular weight is 264 g/mol. The lowest BCUT2D eigenvalue weighted by Gasteiger charge is -2.61. The van der Waals surface area contributed by atoms with Crippen molar-refractivity contribution in [2.75, 3.05) is 0 Å². The molecule has 0 aliphatic heterocycles. The first-order chi connectivity index (χ1) is 8.98. The fourth-order valence-corrected chi connectivity index (χ4v) is 5.49. The van der Waals surface area contributed by atoms with E-state index in [2.05, 4.69) is 13.5 Å². The number of rotatable bonds is 4. The van der Waals surface area contributed by atoms with Gasteiger partial charge in [-0.15, -0.1) is 0 Å². The van der Waals surface area contributed by atoms with Crippen molar-refractivity contribution in [2.24, 2.45) is 17.3 Å². The van der Waals surface area contributed by atoms with Gasteiger partial charge in [-0.2, -0.15) is 0 Å². The predicted molar refractivity (Wildman–Crippen MR) is 72.4 cm³/mol. The van der Waals surface area contributed by atoms with Crippen LogP contribution in [-0.4, -0.2) is 22.8 Å². The zero-order valence-corrected chi connectivity index (χ0v) is 11.7. The second kappa shape index (κ2) is 4.34. The summed E-state index contributed by atoms with van der Waals surface area (Å²) in [7, 11) is 0. The van der Waals surface area contributed by atoms with Gasteiger partial charge in [0.1, 0.15) is 6.10 Å². The van der Waals surface area contributed by atoms with E-state index >= 15 is 0 Å². The van der Waals surface area contributed by atoms with Crippen molar-refractivity contribution in [3.63, 3.8) is 0 Å². The van der Waals surface area contributed by atoms with Gasteiger partial charge in [-0.05, 0) is 56.8 Å². The third kappa shape index (κ3) is 2.12. The lowest BCUT2D eigenvalue weighted by Crippen LogP contribution is -2.59. The number of carbonyl (C=O) groups excluding carboxylic acids is 1. The van der Waals surface area contributed by atoms with E-state index in [-0.39, 0.29) is 17.5 Å². The summed E-state index contributed by atoms with van der Waals surface area (Å²) in [4.78, 5) is 11.6. The van der Waals surface area contributed by atoms with E-state index < -0.39 is 5.60 Å². The van der Waals surface area contributed by atoms with Crippen LogP contribution in [0.4, 0.5) is 0 Å². The van der Waals surface area contributed by atoms with E-state index in [4.69, 9.17) is 4.74 Å². The molecule has 106 valence electrons. The van der Waals surface area contributed by atoms with Crippen molar-refractivity contribution >= 4 is 5.97 Å². The van der Waals surface area contributed by atoms with Crippen LogP contribution >= 0.6 is 0 Å². The first-order valence-electron chi connectivity index (χ1n) is 7.54. The van der Waals surface area contributed by atoms with Crippen molar-refractivity contribution in [3.05, 3.63) is 12.7 Å². The molecule has 0 saturated heterocycles. The average Bonchev–Trinajstić information content (AvgIpc) is 2.32. The van der Waals surface area contributed by atoms with Crippen LogP contribution in [0.1, 0.15) is 51.9 Å². The molecule has 4 aliphatic carbocycles. The van der Waals surface area contributed by atoms with Crippen LogP contribution in [0.2, 0.25) is 0 Å². The minimum Gasteiger partial charge on any atom is -0.459 e. The monoisotopic (exact) mass is 264 g/mol. The van der Waals surface area contributed by atoms with Crippen LogP contribution in [0.3, 0.4) is 0 Å². The molecule has 3 heteroatoms. The lowest BCUT2D eigenvalue weighted by molar-refractivity contribution is -0.206. The maximum atomic E-state index is 11.6. The molecule has 4 bridgehead atoms. The fraction of sp³-hybridized carbons (Fsp3) is 0.812. The lowest BCUT2D eigenvalue weighted by atomic mass is 9.46. The molecule has 1 N–H and O–H groups in total. The molecule has 0 aromatic carbocycles. The molecule has 0 heterocycles. The van der Waals surface area contributed by atoms with E-state index in [9.17, 15) is 9.90 Å². The molecule has 4 rings (SSSR count). The van der Waals surface area contributed by atoms with Gasteiger partial charge in [-0.3, -0.25) is 0 Å². The zero-order valence-electron chi connectivity index (χ0n) is 11.7. The molecule has 0 radical (unpaired) electrons. The van der Waals surface area contributed by atoms with E-state index in [1.807, 2.05) is 0 Å². The van der Waals surface area contributed by atoms with Gasteiger partial charge in [0, 0.05) is 11.5 Å². The van der Waals surface area contributed by atoms with Crippen molar-refractivity contribution in [3.8, 4) is 0 Å². The molecule has 0 aromatic heterocycles. The Morgan fingerprint density at radius 2 is 2.05 bits per heavy atom. The minimum absolute atomic E-state index is 0.0201. The van der Waals surface area contributed by atoms with Gasteiger partial charge in [-0.25, -0.2) is 4.79 Å². The molecule has 4 aliphatic rings. The van der Waals surface area contributed by atoms with E-state index in [1.165, 1.54) is 12.5 Å². The fourth-order valence-electron chi connectivity index (χ4n) is 5.49. The summed E-state index contributed by atoms with van der Waals surface area (Å²) in [6.45, 7) is 5.56. The summed E-state index contributed by atoms with van der Waals surface area (Å²) in [6.07, 6.45) is 8.24. The molecular weight excluding hydrogens is 240 g/mol. The van der Waals surface area contributed by atoms with Gasteiger partial charge < -0.3 is 9.84 Å². The highest BCUT2D eigenvalue weighted by atomic mass is 16.5. The third-order valence-electron chi connectivity index (χ3n) is 5.55. The Morgan fingerprint density at radius 3 is 2.53 bits per heavy atom. The highest BCUT2D eigenvalue weighted by Gasteiger charge is 2.60. The Morgan fingerprint density at radius 1 is 1.42 bits per heavy atom. The van der Waals surface area contributed by atoms with E-state index in [0.29, 0.717) is 11.8 Å². The molecule has 19 heavy (non-hydrogen) atoms. The van der Waals surface area contributed by atoms with Crippen LogP contribution in [0.25, 0.3) is 0 Å². The summed E-state index contributed by atoms with van der Waals surface area (Å²) >= 11 is 0. The molecular formula is C16H24O3. The quantitative estimate of drug-likeness (QED) is 0.627. The number of ether oxygens (including phenoxy) is 1. The Hall–Kier alpha value is -0.830. The number of hydrogen-bond acceptors (Lipinski definition) is 3. The molecule has 3 atom stereocenters. The Kier molecular flexibility index (Phi) is 3.01.